The largest absolute Gasteiger partial charge is 0.410 e. The van der Waals surface area contributed by atoms with Crippen molar-refractivity contribution in [2.75, 3.05) is 5.75 Å². The molecule has 6 heteroatoms. The third-order valence-electron chi connectivity index (χ3n) is 1.00. The number of hydrogen-bond donors (Lipinski definition) is 2. The molecule has 0 aromatic heterocycles. The number of oxime groups is 1. The molecule has 4 nitrogen and oxygen atoms in total. The molecule has 1 fully saturated rings. The van der Waals surface area contributed by atoms with Gasteiger partial charge in [-0.05, 0) is 0 Å². The van der Waals surface area contributed by atoms with Crippen LogP contribution in [0.15, 0.2) is 5.16 Å². The monoisotopic (exact) mass is 178 g/mol. The Bertz CT molecular complexity index is 182. The fourth-order valence-electron chi connectivity index (χ4n) is 0.529. The molecular formula is C4H6N2O2S2. The second-order valence-electron chi connectivity index (χ2n) is 1.69. The van der Waals surface area contributed by atoms with Crippen LogP contribution in [0.2, 0.25) is 0 Å². The van der Waals surface area contributed by atoms with E-state index in [0.717, 1.165) is 0 Å². The zero-order valence-electron chi connectivity index (χ0n) is 4.98. The van der Waals surface area contributed by atoms with Gasteiger partial charge in [0.05, 0.1) is 5.25 Å². The first-order valence-electron chi connectivity index (χ1n) is 2.55. The van der Waals surface area contributed by atoms with Gasteiger partial charge >= 0.3 is 0 Å². The van der Waals surface area contributed by atoms with Crippen molar-refractivity contribution in [1.29, 1.82) is 0 Å². The zero-order chi connectivity index (χ0) is 7.56. The quantitative estimate of drug-likeness (QED) is 0.440. The zero-order valence-corrected chi connectivity index (χ0v) is 6.61. The molecule has 1 aliphatic heterocycles. The van der Waals surface area contributed by atoms with Crippen LogP contribution in [0.4, 0.5) is 0 Å². The van der Waals surface area contributed by atoms with Gasteiger partial charge in [0.1, 0.15) is 0 Å². The van der Waals surface area contributed by atoms with Gasteiger partial charge in [-0.2, -0.15) is 0 Å². The number of carbonyl (C=O) groups excluding carboxylic acids is 1. The highest BCUT2D eigenvalue weighted by Gasteiger charge is 2.26. The van der Waals surface area contributed by atoms with Gasteiger partial charge in [-0.25, -0.2) is 0 Å². The summed E-state index contributed by atoms with van der Waals surface area (Å²) in [6.07, 6.45) is 0. The van der Waals surface area contributed by atoms with Crippen molar-refractivity contribution in [2.45, 2.75) is 5.25 Å². The van der Waals surface area contributed by atoms with Crippen LogP contribution >= 0.6 is 23.5 Å². The Balaban J connectivity index is 2.51. The van der Waals surface area contributed by atoms with Crippen molar-refractivity contribution >= 4 is 33.8 Å². The van der Waals surface area contributed by atoms with E-state index in [-0.39, 0.29) is 11.2 Å². The molecule has 0 saturated carbocycles. The number of rotatable bonds is 1. The van der Waals surface area contributed by atoms with Crippen LogP contribution in [0, 0.1) is 0 Å². The normalized spacial score (nSPS) is 29.2. The molecule has 56 valence electrons. The number of hydrogen-bond acceptors (Lipinski definition) is 5. The van der Waals surface area contributed by atoms with Crippen LogP contribution < -0.4 is 5.73 Å². The molecule has 10 heavy (non-hydrogen) atoms. The van der Waals surface area contributed by atoms with E-state index >= 15 is 0 Å². The number of nitrogens with two attached hydrogens (primary N) is 1. The van der Waals surface area contributed by atoms with Gasteiger partial charge in [-0.15, -0.1) is 0 Å². The van der Waals surface area contributed by atoms with Crippen molar-refractivity contribution < 1.29 is 10.0 Å². The Morgan fingerprint density at radius 3 is 2.90 bits per heavy atom. The topological polar surface area (TPSA) is 75.7 Å². The van der Waals surface area contributed by atoms with Crippen molar-refractivity contribution in [2.24, 2.45) is 10.9 Å². The fraction of sp³-hybridized carbons (Fsp3) is 0.500. The predicted molar refractivity (Wildman–Crippen MR) is 42.3 cm³/mol. The number of amides is 1. The lowest BCUT2D eigenvalue weighted by molar-refractivity contribution is -0.117. The summed E-state index contributed by atoms with van der Waals surface area (Å²) >= 11 is 2.55. The number of thioether (sulfide) groups is 2. The lowest BCUT2D eigenvalue weighted by Gasteiger charge is -1.96. The molecule has 0 aromatic carbocycles. The summed E-state index contributed by atoms with van der Waals surface area (Å²) in [6, 6.07) is 0. The number of nitrogens with zero attached hydrogens (tertiary/aromatic N) is 1. The molecule has 1 heterocycles. The fourth-order valence-corrected chi connectivity index (χ4v) is 2.75. The van der Waals surface area contributed by atoms with Gasteiger partial charge < -0.3 is 10.9 Å². The average molecular weight is 178 g/mol. The third-order valence-corrected chi connectivity index (χ3v) is 3.65. The molecular weight excluding hydrogens is 172 g/mol. The van der Waals surface area contributed by atoms with Crippen LogP contribution in [0.3, 0.4) is 0 Å². The van der Waals surface area contributed by atoms with Crippen LogP contribution in [0.1, 0.15) is 0 Å². The highest BCUT2D eigenvalue weighted by Crippen LogP contribution is 2.32. The maximum absolute atomic E-state index is 10.5. The maximum atomic E-state index is 10.5. The molecule has 0 aliphatic carbocycles. The second kappa shape index (κ2) is 3.16. The van der Waals surface area contributed by atoms with E-state index in [4.69, 9.17) is 10.9 Å². The number of primary amides is 1. The molecule has 3 N–H and O–H groups in total. The first-order chi connectivity index (χ1) is 4.74. The van der Waals surface area contributed by atoms with Crippen molar-refractivity contribution in [3.05, 3.63) is 0 Å². The standard InChI is InChI=1S/C4H6N2O2S2/c5-3(7)2-1-9-4(6-8)10-2/h2,8H,1H2,(H2,5,7)/b6-4+. The molecule has 0 bridgehead atoms. The summed E-state index contributed by atoms with van der Waals surface area (Å²) < 4.78 is 0.517. The molecule has 0 spiro atoms. The Labute approximate surface area is 66.2 Å². The smallest absolute Gasteiger partial charge is 0.231 e. The van der Waals surface area contributed by atoms with Gasteiger partial charge in [-0.1, -0.05) is 28.7 Å². The second-order valence-corrected chi connectivity index (χ2v) is 4.14. The van der Waals surface area contributed by atoms with Gasteiger partial charge in [0.15, 0.2) is 4.38 Å². The Kier molecular flexibility index (Phi) is 2.44. The lowest BCUT2D eigenvalue weighted by atomic mass is 10.5. The van der Waals surface area contributed by atoms with Gasteiger partial charge in [0, 0.05) is 5.75 Å². The van der Waals surface area contributed by atoms with Gasteiger partial charge in [0.2, 0.25) is 5.91 Å². The first-order valence-corrected chi connectivity index (χ1v) is 4.41. The molecule has 1 amide bonds. The minimum Gasteiger partial charge on any atom is -0.410 e. The minimum absolute atomic E-state index is 0.226. The highest BCUT2D eigenvalue weighted by atomic mass is 32.2. The first kappa shape index (κ1) is 7.74. The maximum Gasteiger partial charge on any atom is 0.231 e. The average Bonchev–Trinajstić information content (AvgIpc) is 2.34. The number of carbonyl (C=O) groups is 1. The summed E-state index contributed by atoms with van der Waals surface area (Å²) in [5.41, 5.74) is 5.00. The van der Waals surface area contributed by atoms with Crippen LogP contribution in [0.5, 0.6) is 0 Å². The van der Waals surface area contributed by atoms with Crippen LogP contribution in [0.25, 0.3) is 0 Å². The SMILES string of the molecule is NC(=O)C1CS/C(=N\O)S1. The summed E-state index contributed by atoms with van der Waals surface area (Å²) in [6.45, 7) is 0. The summed E-state index contributed by atoms with van der Waals surface area (Å²) in [7, 11) is 0. The van der Waals surface area contributed by atoms with E-state index in [1.54, 1.807) is 0 Å². The van der Waals surface area contributed by atoms with E-state index in [0.29, 0.717) is 10.1 Å². The molecule has 1 saturated heterocycles. The molecule has 1 atom stereocenters. The van der Waals surface area contributed by atoms with Gasteiger partial charge in [0.25, 0.3) is 0 Å². The molecule has 1 aliphatic rings. The van der Waals surface area contributed by atoms with Crippen LogP contribution in [-0.2, 0) is 4.79 Å². The Morgan fingerprint density at radius 2 is 2.60 bits per heavy atom. The van der Waals surface area contributed by atoms with E-state index in [1.165, 1.54) is 23.5 Å². The summed E-state index contributed by atoms with van der Waals surface area (Å²) in [5.74, 6) is 0.260. The summed E-state index contributed by atoms with van der Waals surface area (Å²) in [4.78, 5) is 10.5. The predicted octanol–water partition coefficient (Wildman–Crippen LogP) is 0.0655. The van der Waals surface area contributed by atoms with E-state index in [2.05, 4.69) is 5.16 Å². The van der Waals surface area contributed by atoms with Crippen molar-refractivity contribution in [1.82, 2.24) is 0 Å². The summed E-state index contributed by atoms with van der Waals surface area (Å²) in [5, 5.41) is 11.0. The highest BCUT2D eigenvalue weighted by molar-refractivity contribution is 8.42. The molecule has 0 radical (unpaired) electrons. The molecule has 1 unspecified atom stereocenters. The van der Waals surface area contributed by atoms with Crippen molar-refractivity contribution in [3.8, 4) is 0 Å². The van der Waals surface area contributed by atoms with E-state index in [1.807, 2.05) is 0 Å². The molecule has 1 rings (SSSR count). The third kappa shape index (κ3) is 1.57. The van der Waals surface area contributed by atoms with E-state index < -0.39 is 0 Å². The minimum atomic E-state index is -0.351. The van der Waals surface area contributed by atoms with E-state index in [9.17, 15) is 4.79 Å². The Hall–Kier alpha value is -0.360. The van der Waals surface area contributed by atoms with Crippen molar-refractivity contribution in [3.63, 3.8) is 0 Å². The van der Waals surface area contributed by atoms with Gasteiger partial charge in [-0.3, -0.25) is 4.79 Å². The lowest BCUT2D eigenvalue weighted by Crippen LogP contribution is -2.25. The Morgan fingerprint density at radius 1 is 1.90 bits per heavy atom. The molecule has 0 aromatic rings. The van der Waals surface area contributed by atoms with Crippen LogP contribution in [-0.4, -0.2) is 26.5 Å².